The van der Waals surface area contributed by atoms with Crippen LogP contribution in [-0.2, 0) is 0 Å². The summed E-state index contributed by atoms with van der Waals surface area (Å²) in [6.45, 7) is 6.70. The van der Waals surface area contributed by atoms with Crippen LogP contribution in [0.15, 0.2) is 24.3 Å². The highest BCUT2D eigenvalue weighted by atomic mass is 35.5. The Morgan fingerprint density at radius 2 is 1.82 bits per heavy atom. The van der Waals surface area contributed by atoms with Gasteiger partial charge in [-0.15, -0.1) is 0 Å². The van der Waals surface area contributed by atoms with Crippen molar-refractivity contribution in [3.8, 4) is 0 Å². The second-order valence-electron chi connectivity index (χ2n) is 5.63. The SMILES string of the molecule is C.Cc1cc(N2CCC(C)CC2)nc2cc(Cl)ccc12.[B][B]. The average molecular weight is 312 g/mol. The van der Waals surface area contributed by atoms with Gasteiger partial charge in [-0.05, 0) is 49.4 Å². The van der Waals surface area contributed by atoms with Gasteiger partial charge in [-0.2, -0.15) is 0 Å². The zero-order valence-corrected chi connectivity index (χ0v) is 13.4. The monoisotopic (exact) mass is 312 g/mol. The molecule has 22 heavy (non-hydrogen) atoms. The fourth-order valence-electron chi connectivity index (χ4n) is 2.76. The van der Waals surface area contributed by atoms with Crippen molar-refractivity contribution in [3.05, 3.63) is 34.9 Å². The van der Waals surface area contributed by atoms with E-state index in [1.54, 1.807) is 0 Å². The molecule has 0 N–H and O–H groups in total. The molecule has 1 saturated heterocycles. The van der Waals surface area contributed by atoms with Crippen molar-refractivity contribution in [2.24, 2.45) is 5.92 Å². The lowest BCUT2D eigenvalue weighted by Gasteiger charge is -2.31. The number of rotatable bonds is 1. The predicted octanol–water partition coefficient (Wildman–Crippen LogP) is 4.31. The maximum absolute atomic E-state index is 6.07. The summed E-state index contributed by atoms with van der Waals surface area (Å²) in [5.41, 5.74) is 2.27. The lowest BCUT2D eigenvalue weighted by atomic mass is 9.81. The molecule has 4 radical (unpaired) electrons. The minimum atomic E-state index is 0. The molecule has 1 aromatic heterocycles. The fraction of sp³-hybridized carbons (Fsp3) is 0.471. The average Bonchev–Trinajstić information content (AvgIpc) is 2.49. The molecule has 5 heteroatoms. The van der Waals surface area contributed by atoms with Crippen LogP contribution in [0.4, 0.5) is 5.82 Å². The number of pyridine rings is 1. The Kier molecular flexibility index (Phi) is 7.28. The third-order valence-electron chi connectivity index (χ3n) is 4.07. The second-order valence-corrected chi connectivity index (χ2v) is 6.06. The topological polar surface area (TPSA) is 16.1 Å². The van der Waals surface area contributed by atoms with E-state index < -0.39 is 0 Å². The number of halogens is 1. The Hall–Kier alpha value is -1.15. The van der Waals surface area contributed by atoms with Crippen LogP contribution in [0, 0.1) is 12.8 Å². The Morgan fingerprint density at radius 1 is 1.18 bits per heavy atom. The van der Waals surface area contributed by atoms with Crippen LogP contribution < -0.4 is 4.90 Å². The molecule has 0 aliphatic carbocycles. The predicted molar refractivity (Wildman–Crippen MR) is 100 cm³/mol. The van der Waals surface area contributed by atoms with Gasteiger partial charge in [0.2, 0.25) is 0 Å². The standard InChI is InChI=1S/C16H19ClN2.CH4.B2/c1-11-5-7-19(8-6-11)16-9-12(2)14-4-3-13(17)10-15(14)18-16;;1-2/h3-4,9-11H,5-8H2,1-2H3;1H4;. The van der Waals surface area contributed by atoms with Crippen molar-refractivity contribution in [2.45, 2.75) is 34.1 Å². The highest BCUT2D eigenvalue weighted by molar-refractivity contribution is 6.75. The van der Waals surface area contributed by atoms with E-state index in [9.17, 15) is 0 Å². The van der Waals surface area contributed by atoms with Gasteiger partial charge in [0.25, 0.3) is 0 Å². The Morgan fingerprint density at radius 3 is 2.45 bits per heavy atom. The van der Waals surface area contributed by atoms with Crippen LogP contribution in [0.5, 0.6) is 0 Å². The molecule has 0 saturated carbocycles. The van der Waals surface area contributed by atoms with Gasteiger partial charge in [-0.25, -0.2) is 4.98 Å². The molecule has 1 fully saturated rings. The molecule has 0 amide bonds. The molecule has 0 unspecified atom stereocenters. The number of piperidine rings is 1. The van der Waals surface area contributed by atoms with Crippen molar-refractivity contribution < 1.29 is 0 Å². The molecular formula is C17H23B2ClN2. The summed E-state index contributed by atoms with van der Waals surface area (Å²) >= 11 is 6.07. The smallest absolute Gasteiger partial charge is 0.129 e. The molecule has 2 heterocycles. The Balaban J connectivity index is 0.000000775. The summed E-state index contributed by atoms with van der Waals surface area (Å²) in [7, 11) is 8.00. The number of hydrogen-bond donors (Lipinski definition) is 0. The molecule has 114 valence electrons. The van der Waals surface area contributed by atoms with Gasteiger partial charge in [-0.3, -0.25) is 0 Å². The molecular weight excluding hydrogens is 289 g/mol. The molecule has 2 nitrogen and oxygen atoms in total. The van der Waals surface area contributed by atoms with Gasteiger partial charge >= 0.3 is 0 Å². The van der Waals surface area contributed by atoms with E-state index >= 15 is 0 Å². The highest BCUT2D eigenvalue weighted by Gasteiger charge is 2.17. The van der Waals surface area contributed by atoms with E-state index in [-0.39, 0.29) is 7.43 Å². The van der Waals surface area contributed by atoms with E-state index in [0.717, 1.165) is 35.4 Å². The first kappa shape index (κ1) is 18.9. The molecule has 0 bridgehead atoms. The van der Waals surface area contributed by atoms with Crippen molar-refractivity contribution >= 4 is 43.8 Å². The van der Waals surface area contributed by atoms with Gasteiger partial charge in [0.05, 0.1) is 5.52 Å². The highest BCUT2D eigenvalue weighted by Crippen LogP contribution is 2.27. The van der Waals surface area contributed by atoms with Crippen LogP contribution in [0.3, 0.4) is 0 Å². The van der Waals surface area contributed by atoms with Crippen molar-refractivity contribution in [1.29, 1.82) is 0 Å². The van der Waals surface area contributed by atoms with Crippen molar-refractivity contribution in [3.63, 3.8) is 0 Å². The minimum absolute atomic E-state index is 0. The van der Waals surface area contributed by atoms with Crippen molar-refractivity contribution in [2.75, 3.05) is 18.0 Å². The van der Waals surface area contributed by atoms with E-state index in [0.29, 0.717) is 0 Å². The number of hydrogen-bond acceptors (Lipinski definition) is 2. The summed E-state index contributed by atoms with van der Waals surface area (Å²) in [5.74, 6) is 1.94. The Bertz CT molecular complexity index is 611. The zero-order valence-electron chi connectivity index (χ0n) is 12.6. The number of benzene rings is 1. The number of nitrogens with zero attached hydrogens (tertiary/aromatic N) is 2. The first-order valence-electron chi connectivity index (χ1n) is 7.28. The Labute approximate surface area is 142 Å². The third-order valence-corrected chi connectivity index (χ3v) is 4.31. The fourth-order valence-corrected chi connectivity index (χ4v) is 2.92. The lowest BCUT2D eigenvalue weighted by molar-refractivity contribution is 0.437. The van der Waals surface area contributed by atoms with E-state index in [4.69, 9.17) is 16.6 Å². The summed E-state index contributed by atoms with van der Waals surface area (Å²) < 4.78 is 0. The van der Waals surface area contributed by atoms with Crippen LogP contribution in [0.1, 0.15) is 32.8 Å². The van der Waals surface area contributed by atoms with Gasteiger partial charge in [-0.1, -0.05) is 32.0 Å². The molecule has 1 aliphatic heterocycles. The molecule has 2 aromatic rings. The lowest BCUT2D eigenvalue weighted by Crippen LogP contribution is -2.33. The van der Waals surface area contributed by atoms with Crippen LogP contribution in [-0.4, -0.2) is 33.5 Å². The van der Waals surface area contributed by atoms with Gasteiger partial charge in [0, 0.05) is 39.0 Å². The number of anilines is 1. The first-order chi connectivity index (χ1) is 10.1. The van der Waals surface area contributed by atoms with E-state index in [1.165, 1.54) is 23.8 Å². The van der Waals surface area contributed by atoms with E-state index in [2.05, 4.69) is 46.4 Å². The number of fused-ring (bicyclic) bond motifs is 1. The van der Waals surface area contributed by atoms with Crippen molar-refractivity contribution in [1.82, 2.24) is 4.98 Å². The minimum Gasteiger partial charge on any atom is -0.357 e. The quantitative estimate of drug-likeness (QED) is 0.730. The molecule has 1 aromatic carbocycles. The largest absolute Gasteiger partial charge is 0.357 e. The maximum atomic E-state index is 6.07. The van der Waals surface area contributed by atoms with Crippen LogP contribution in [0.2, 0.25) is 5.02 Å². The normalized spacial score (nSPS) is 15.0. The first-order valence-corrected chi connectivity index (χ1v) is 7.66. The summed E-state index contributed by atoms with van der Waals surface area (Å²) in [5, 5.41) is 1.95. The van der Waals surface area contributed by atoms with Crippen LogP contribution in [0.25, 0.3) is 10.9 Å². The molecule has 1 aliphatic rings. The molecule has 0 spiro atoms. The summed E-state index contributed by atoms with van der Waals surface area (Å²) in [4.78, 5) is 7.18. The number of aryl methyl sites for hydroxylation is 1. The van der Waals surface area contributed by atoms with Gasteiger partial charge in [0.15, 0.2) is 0 Å². The second kappa shape index (κ2) is 8.47. The third kappa shape index (κ3) is 4.19. The van der Waals surface area contributed by atoms with Gasteiger partial charge in [0.1, 0.15) is 5.82 Å². The van der Waals surface area contributed by atoms with E-state index in [1.807, 2.05) is 12.1 Å². The maximum Gasteiger partial charge on any atom is 0.129 e. The summed E-state index contributed by atoms with van der Waals surface area (Å²) in [6.07, 6.45) is 2.52. The van der Waals surface area contributed by atoms with Gasteiger partial charge < -0.3 is 4.90 Å². The number of aromatic nitrogens is 1. The molecule has 3 rings (SSSR count). The summed E-state index contributed by atoms with van der Waals surface area (Å²) in [6, 6.07) is 8.15. The zero-order chi connectivity index (χ0) is 15.4. The molecule has 0 atom stereocenters. The van der Waals surface area contributed by atoms with Crippen LogP contribution >= 0.6 is 11.6 Å².